The smallest absolute Gasteiger partial charge is 0.266 e. The number of aromatic nitrogens is 4. The largest absolute Gasteiger partial charge is 0.400 e. The molecule has 2 fully saturated rings. The van der Waals surface area contributed by atoms with Gasteiger partial charge in [0.05, 0.1) is 17.8 Å². The van der Waals surface area contributed by atoms with Gasteiger partial charge in [0.2, 0.25) is 5.91 Å². The van der Waals surface area contributed by atoms with Gasteiger partial charge < -0.3 is 35.3 Å². The van der Waals surface area contributed by atoms with Gasteiger partial charge in [-0.15, -0.1) is 0 Å². The molecule has 12 heteroatoms. The second kappa shape index (κ2) is 12.7. The molecule has 4 atom stereocenters. The molecule has 2 aliphatic heterocycles. The maximum atomic E-state index is 13.7. The molecule has 240 valence electrons. The van der Waals surface area contributed by atoms with E-state index < -0.39 is 5.91 Å². The first-order valence-corrected chi connectivity index (χ1v) is 15.9. The van der Waals surface area contributed by atoms with E-state index in [1.165, 1.54) is 0 Å². The Labute approximate surface area is 268 Å². The first kappa shape index (κ1) is 31.0. The Morgan fingerprint density at radius 3 is 2.39 bits per heavy atom. The minimum Gasteiger partial charge on any atom is -0.400 e. The van der Waals surface area contributed by atoms with Crippen molar-refractivity contribution in [2.75, 3.05) is 50.1 Å². The number of H-pyrrole nitrogens is 2. The van der Waals surface area contributed by atoms with Gasteiger partial charge in [-0.1, -0.05) is 19.9 Å². The summed E-state index contributed by atoms with van der Waals surface area (Å²) in [6.45, 7) is 6.44. The third kappa shape index (κ3) is 5.73. The van der Waals surface area contributed by atoms with E-state index in [0.717, 1.165) is 46.3 Å². The predicted molar refractivity (Wildman–Crippen MR) is 179 cm³/mol. The molecule has 46 heavy (non-hydrogen) atoms. The van der Waals surface area contributed by atoms with Crippen molar-refractivity contribution < 1.29 is 9.59 Å². The van der Waals surface area contributed by atoms with Crippen LogP contribution in [0.5, 0.6) is 0 Å². The van der Waals surface area contributed by atoms with E-state index >= 15 is 0 Å². The number of piperidine rings is 2. The fraction of sp³-hybridized carbons (Fsp3) is 0.441. The number of likely N-dealkylation sites (tertiary alicyclic amines) is 2. The van der Waals surface area contributed by atoms with E-state index in [-0.39, 0.29) is 35.7 Å². The normalized spacial score (nSPS) is 22.4. The van der Waals surface area contributed by atoms with Crippen molar-refractivity contribution in [2.45, 2.75) is 45.2 Å². The van der Waals surface area contributed by atoms with Crippen LogP contribution < -0.4 is 15.5 Å². The Bertz CT molecular complexity index is 1820. The average molecular weight is 623 g/mol. The van der Waals surface area contributed by atoms with Crippen LogP contribution in [0.15, 0.2) is 60.3 Å². The highest BCUT2D eigenvalue weighted by molar-refractivity contribution is 5.99. The van der Waals surface area contributed by atoms with Crippen molar-refractivity contribution in [3.63, 3.8) is 0 Å². The van der Waals surface area contributed by atoms with Crippen molar-refractivity contribution >= 4 is 45.3 Å². The second-order valence-corrected chi connectivity index (χ2v) is 12.8. The number of nitriles is 1. The molecular formula is C34H42N10O2. The standard InChI is InChI=1S/C34H42N10O2/c1-21-11-15-44(19-29(21)41(3)28-7-5-6-27-23(28)8-12-37-27)34(46)25(17-35)26(36)16-31(45)43-14-10-22(2)30(18-43)42(4)33-24-9-13-38-32(24)39-20-40-33/h5-9,12-13,20-22,29-30,37H,10-11,14-16,18-19,36H2,1-4H3,(H,38,39,40)/b26-25-/t21-,22-,29+,30+/m1/s1. The van der Waals surface area contributed by atoms with Crippen LogP contribution in [0.2, 0.25) is 0 Å². The number of hydrogen-bond donors (Lipinski definition) is 3. The third-order valence-electron chi connectivity index (χ3n) is 10.1. The molecule has 2 saturated heterocycles. The van der Waals surface area contributed by atoms with Gasteiger partial charge in [-0.05, 0) is 48.9 Å². The number of hydrogen-bond acceptors (Lipinski definition) is 8. The van der Waals surface area contributed by atoms with E-state index in [1.807, 2.05) is 43.7 Å². The molecule has 3 aromatic heterocycles. The lowest BCUT2D eigenvalue weighted by Crippen LogP contribution is -2.53. The molecule has 2 amide bonds. The van der Waals surface area contributed by atoms with Gasteiger partial charge in [0, 0.05) is 81.0 Å². The minimum absolute atomic E-state index is 0.0199. The molecule has 0 bridgehead atoms. The summed E-state index contributed by atoms with van der Waals surface area (Å²) in [7, 11) is 4.05. The molecule has 5 heterocycles. The number of nitrogens with zero attached hydrogens (tertiary/aromatic N) is 7. The van der Waals surface area contributed by atoms with Gasteiger partial charge in [0.1, 0.15) is 29.4 Å². The molecule has 2 aliphatic rings. The van der Waals surface area contributed by atoms with Gasteiger partial charge in [0.15, 0.2) is 0 Å². The summed E-state index contributed by atoms with van der Waals surface area (Å²) in [5.74, 6) is 0.849. The van der Waals surface area contributed by atoms with Crippen LogP contribution in [-0.4, -0.2) is 93.9 Å². The van der Waals surface area contributed by atoms with Gasteiger partial charge >= 0.3 is 0 Å². The number of rotatable bonds is 7. The Hall–Kier alpha value is -5.05. The Kier molecular flexibility index (Phi) is 8.58. The number of likely N-dealkylation sites (N-methyl/N-ethyl adjacent to an activating group) is 2. The first-order valence-electron chi connectivity index (χ1n) is 15.9. The Morgan fingerprint density at radius 2 is 1.63 bits per heavy atom. The van der Waals surface area contributed by atoms with Crippen LogP contribution in [0, 0.1) is 23.2 Å². The van der Waals surface area contributed by atoms with Crippen LogP contribution >= 0.6 is 0 Å². The molecule has 0 aliphatic carbocycles. The average Bonchev–Trinajstić information content (AvgIpc) is 3.75. The number of amides is 2. The number of carbonyl (C=O) groups is 2. The fourth-order valence-electron chi connectivity index (χ4n) is 7.15. The van der Waals surface area contributed by atoms with E-state index in [1.54, 1.807) is 16.1 Å². The number of fused-ring (bicyclic) bond motifs is 2. The highest BCUT2D eigenvalue weighted by Crippen LogP contribution is 2.32. The molecule has 6 rings (SSSR count). The topological polar surface area (TPSA) is 154 Å². The summed E-state index contributed by atoms with van der Waals surface area (Å²) < 4.78 is 0. The molecule has 0 radical (unpaired) electrons. The summed E-state index contributed by atoms with van der Waals surface area (Å²) in [6, 6.07) is 12.3. The van der Waals surface area contributed by atoms with Crippen molar-refractivity contribution in [3.05, 3.63) is 60.3 Å². The van der Waals surface area contributed by atoms with Crippen molar-refractivity contribution in [1.82, 2.24) is 29.7 Å². The number of carbonyl (C=O) groups excluding carboxylic acids is 2. The SMILES string of the molecule is C[C@@H]1CCN(C(=O)/C(C#N)=C(\N)CC(=O)N2CC[C@@H](C)[C@@H](N(C)c3ncnc4[nH]ccc34)C2)C[C@@H]1N(C)c1cccc2[nH]ccc12. The van der Waals surface area contributed by atoms with E-state index in [9.17, 15) is 14.9 Å². The van der Waals surface area contributed by atoms with Gasteiger partial charge in [-0.3, -0.25) is 9.59 Å². The maximum Gasteiger partial charge on any atom is 0.266 e. The molecule has 0 saturated carbocycles. The minimum atomic E-state index is -0.415. The van der Waals surface area contributed by atoms with Crippen molar-refractivity contribution in [3.8, 4) is 6.07 Å². The lowest BCUT2D eigenvalue weighted by molar-refractivity contribution is -0.132. The number of aromatic amines is 2. The first-order chi connectivity index (χ1) is 22.2. The summed E-state index contributed by atoms with van der Waals surface area (Å²) in [5, 5.41) is 12.1. The Morgan fingerprint density at radius 1 is 0.957 bits per heavy atom. The maximum absolute atomic E-state index is 13.7. The van der Waals surface area contributed by atoms with Crippen LogP contribution in [0.25, 0.3) is 21.9 Å². The second-order valence-electron chi connectivity index (χ2n) is 12.8. The zero-order chi connectivity index (χ0) is 32.5. The van der Waals surface area contributed by atoms with Crippen molar-refractivity contribution in [2.24, 2.45) is 17.6 Å². The highest BCUT2D eigenvalue weighted by Gasteiger charge is 2.36. The van der Waals surface area contributed by atoms with E-state index in [2.05, 4.69) is 62.8 Å². The molecular weight excluding hydrogens is 580 g/mol. The zero-order valence-corrected chi connectivity index (χ0v) is 26.9. The molecule has 0 spiro atoms. The summed E-state index contributed by atoms with van der Waals surface area (Å²) >= 11 is 0. The number of nitrogens with one attached hydrogen (secondary N) is 2. The van der Waals surface area contributed by atoms with Crippen LogP contribution in [-0.2, 0) is 9.59 Å². The lowest BCUT2D eigenvalue weighted by atomic mass is 9.91. The molecule has 1 aromatic carbocycles. The van der Waals surface area contributed by atoms with Crippen LogP contribution in [0.3, 0.4) is 0 Å². The summed E-state index contributed by atoms with van der Waals surface area (Å²) in [4.78, 5) is 50.4. The predicted octanol–water partition coefficient (Wildman–Crippen LogP) is 3.61. The van der Waals surface area contributed by atoms with E-state index in [4.69, 9.17) is 5.73 Å². The number of benzene rings is 1. The number of anilines is 2. The summed E-state index contributed by atoms with van der Waals surface area (Å²) in [6.07, 6.45) is 6.73. The number of nitrogens with two attached hydrogens (primary N) is 1. The summed E-state index contributed by atoms with van der Waals surface area (Å²) in [5.41, 5.74) is 9.17. The fourth-order valence-corrected chi connectivity index (χ4v) is 7.15. The van der Waals surface area contributed by atoms with Crippen LogP contribution in [0.4, 0.5) is 11.5 Å². The molecule has 0 unspecified atom stereocenters. The van der Waals surface area contributed by atoms with Gasteiger partial charge in [-0.25, -0.2) is 9.97 Å². The van der Waals surface area contributed by atoms with Gasteiger partial charge in [-0.2, -0.15) is 5.26 Å². The quantitative estimate of drug-likeness (QED) is 0.209. The van der Waals surface area contributed by atoms with Crippen LogP contribution in [0.1, 0.15) is 33.1 Å². The zero-order valence-electron chi connectivity index (χ0n) is 26.9. The third-order valence-corrected chi connectivity index (χ3v) is 10.1. The molecule has 4 N–H and O–H groups in total. The molecule has 12 nitrogen and oxygen atoms in total. The molecule has 4 aromatic rings. The lowest BCUT2D eigenvalue weighted by Gasteiger charge is -2.43. The van der Waals surface area contributed by atoms with E-state index in [0.29, 0.717) is 38.0 Å². The monoisotopic (exact) mass is 622 g/mol. The Balaban J connectivity index is 1.14. The van der Waals surface area contributed by atoms with Crippen molar-refractivity contribution in [1.29, 1.82) is 5.26 Å². The highest BCUT2D eigenvalue weighted by atomic mass is 16.2. The van der Waals surface area contributed by atoms with Gasteiger partial charge in [0.25, 0.3) is 5.91 Å².